The Morgan fingerprint density at radius 2 is 1.94 bits per heavy atom. The molecule has 0 aromatic heterocycles. The van der Waals surface area contributed by atoms with Crippen LogP contribution in [-0.4, -0.2) is 49.5 Å². The first kappa shape index (κ1) is 17.3. The Morgan fingerprint density at radius 3 is 2.50 bits per heavy atom. The van der Waals surface area contributed by atoms with Crippen LogP contribution < -0.4 is 0 Å². The van der Waals surface area contributed by atoms with E-state index in [2.05, 4.69) is 6.58 Å². The summed E-state index contributed by atoms with van der Waals surface area (Å²) in [5, 5.41) is 0. The van der Waals surface area contributed by atoms with Gasteiger partial charge in [0.15, 0.2) is 6.29 Å². The predicted molar refractivity (Wildman–Crippen MR) is 69.3 cm³/mol. The van der Waals surface area contributed by atoms with Gasteiger partial charge in [0.2, 0.25) is 9.76 Å². The second-order valence-corrected chi connectivity index (χ2v) is 4.78. The van der Waals surface area contributed by atoms with E-state index < -0.39 is 0 Å². The van der Waals surface area contributed by atoms with Gasteiger partial charge in [0.25, 0.3) is 0 Å². The zero-order valence-corrected chi connectivity index (χ0v) is 12.4. The van der Waals surface area contributed by atoms with Gasteiger partial charge in [-0.25, -0.2) is 4.79 Å². The van der Waals surface area contributed by atoms with Crippen LogP contribution in [0.5, 0.6) is 0 Å². The minimum atomic E-state index is -0.345. The Kier molecular flexibility index (Phi) is 11.0. The molecular formula is C12H22O5Si. The molecular weight excluding hydrogens is 252 g/mol. The van der Waals surface area contributed by atoms with Crippen molar-refractivity contribution in [3.05, 3.63) is 12.2 Å². The number of ether oxygens (including phenoxy) is 3. The first-order chi connectivity index (χ1) is 8.61. The molecule has 0 fully saturated rings. The highest BCUT2D eigenvalue weighted by Crippen LogP contribution is 2.02. The Balaban J connectivity index is 3.26. The van der Waals surface area contributed by atoms with E-state index in [1.807, 2.05) is 0 Å². The molecule has 0 aromatic carbocycles. The third kappa shape index (κ3) is 9.35. The van der Waals surface area contributed by atoms with E-state index in [1.54, 1.807) is 21.1 Å². The molecule has 5 nitrogen and oxygen atoms in total. The highest BCUT2D eigenvalue weighted by molar-refractivity contribution is 6.27. The molecule has 0 saturated carbocycles. The topological polar surface area (TPSA) is 54.0 Å². The molecule has 0 spiro atoms. The summed E-state index contributed by atoms with van der Waals surface area (Å²) in [6.45, 7) is 6.17. The molecule has 0 rings (SSSR count). The summed E-state index contributed by atoms with van der Waals surface area (Å²) in [6, 6.07) is 0.719. The van der Waals surface area contributed by atoms with Crippen LogP contribution in [0, 0.1) is 0 Å². The van der Waals surface area contributed by atoms with Gasteiger partial charge < -0.3 is 18.6 Å². The fraction of sp³-hybridized carbons (Fsp3) is 0.750. The lowest BCUT2D eigenvalue weighted by Gasteiger charge is -2.12. The van der Waals surface area contributed by atoms with Gasteiger partial charge in [-0.05, 0) is 19.4 Å². The average molecular weight is 274 g/mol. The molecule has 104 valence electrons. The van der Waals surface area contributed by atoms with Crippen molar-refractivity contribution in [3.63, 3.8) is 0 Å². The summed E-state index contributed by atoms with van der Waals surface area (Å²) < 4.78 is 20.5. The van der Waals surface area contributed by atoms with Gasteiger partial charge in [-0.1, -0.05) is 6.58 Å². The fourth-order valence-corrected chi connectivity index (χ4v) is 1.73. The largest absolute Gasteiger partial charge is 0.463 e. The van der Waals surface area contributed by atoms with Gasteiger partial charge in [-0.15, -0.1) is 0 Å². The van der Waals surface area contributed by atoms with Gasteiger partial charge in [0.1, 0.15) is 0 Å². The summed E-state index contributed by atoms with van der Waals surface area (Å²) in [7, 11) is 3.58. The summed E-state index contributed by atoms with van der Waals surface area (Å²) in [6.07, 6.45) is 1.53. The number of carbonyl (C=O) groups excluding carboxylic acids is 1. The van der Waals surface area contributed by atoms with Crippen LogP contribution in [0.3, 0.4) is 0 Å². The maximum absolute atomic E-state index is 11.0. The second kappa shape index (κ2) is 11.4. The van der Waals surface area contributed by atoms with Crippen LogP contribution >= 0.6 is 0 Å². The predicted octanol–water partition coefficient (Wildman–Crippen LogP) is 1.56. The van der Waals surface area contributed by atoms with Gasteiger partial charge >= 0.3 is 5.97 Å². The average Bonchev–Trinajstić information content (AvgIpc) is 2.36. The molecule has 0 heterocycles. The summed E-state index contributed by atoms with van der Waals surface area (Å²) in [5.41, 5.74) is 0.421. The number of hydrogen-bond donors (Lipinski definition) is 0. The van der Waals surface area contributed by atoms with Gasteiger partial charge in [-0.2, -0.15) is 0 Å². The molecule has 0 bridgehead atoms. The molecule has 0 amide bonds. The van der Waals surface area contributed by atoms with Crippen LogP contribution in [0.4, 0.5) is 0 Å². The molecule has 2 radical (unpaired) electrons. The standard InChI is InChI=1S/C12H22O5Si/c1-10(2)12(13)16-8-9-18-17-7-5-6-11(14-3)15-4/h11H,1,5-9H2,2-4H3. The van der Waals surface area contributed by atoms with E-state index in [9.17, 15) is 4.79 Å². The molecule has 0 aliphatic carbocycles. The summed E-state index contributed by atoms with van der Waals surface area (Å²) in [5.74, 6) is -0.345. The van der Waals surface area contributed by atoms with Crippen molar-refractivity contribution in [3.8, 4) is 0 Å². The molecule has 0 aromatic rings. The highest BCUT2D eigenvalue weighted by Gasteiger charge is 2.05. The molecule has 18 heavy (non-hydrogen) atoms. The van der Waals surface area contributed by atoms with E-state index >= 15 is 0 Å². The summed E-state index contributed by atoms with van der Waals surface area (Å²) in [4.78, 5) is 11.0. The van der Waals surface area contributed by atoms with E-state index in [1.165, 1.54) is 0 Å². The number of esters is 1. The van der Waals surface area contributed by atoms with Crippen molar-refractivity contribution in [2.45, 2.75) is 32.1 Å². The van der Waals surface area contributed by atoms with Gasteiger partial charge in [0.05, 0.1) is 6.61 Å². The first-order valence-electron chi connectivity index (χ1n) is 5.84. The fourth-order valence-electron chi connectivity index (χ4n) is 1.11. The smallest absolute Gasteiger partial charge is 0.333 e. The maximum atomic E-state index is 11.0. The lowest BCUT2D eigenvalue weighted by molar-refractivity contribution is -0.138. The van der Waals surface area contributed by atoms with Crippen molar-refractivity contribution in [2.24, 2.45) is 0 Å². The van der Waals surface area contributed by atoms with E-state index in [4.69, 9.17) is 18.6 Å². The van der Waals surface area contributed by atoms with Crippen LogP contribution in [-0.2, 0) is 23.4 Å². The minimum absolute atomic E-state index is 0.159. The molecule has 0 atom stereocenters. The SMILES string of the molecule is C=C(C)C(=O)OCC[Si]OCCCC(OC)OC. The number of carbonyl (C=O) groups is 1. The normalized spacial score (nSPS) is 10.7. The lowest BCUT2D eigenvalue weighted by atomic mass is 10.3. The zero-order chi connectivity index (χ0) is 13.8. The minimum Gasteiger partial charge on any atom is -0.463 e. The second-order valence-electron chi connectivity index (χ2n) is 3.70. The first-order valence-corrected chi connectivity index (χ1v) is 6.96. The summed E-state index contributed by atoms with van der Waals surface area (Å²) >= 11 is 0. The van der Waals surface area contributed by atoms with Gasteiger partial charge in [0, 0.05) is 32.8 Å². The molecule has 0 aliphatic heterocycles. The maximum Gasteiger partial charge on any atom is 0.333 e. The Hall–Kier alpha value is -0.693. The monoisotopic (exact) mass is 274 g/mol. The molecule has 0 aliphatic rings. The van der Waals surface area contributed by atoms with E-state index in [-0.39, 0.29) is 12.3 Å². The van der Waals surface area contributed by atoms with Crippen molar-refractivity contribution in [1.29, 1.82) is 0 Å². The molecule has 6 heteroatoms. The van der Waals surface area contributed by atoms with Crippen molar-refractivity contribution in [1.82, 2.24) is 0 Å². The van der Waals surface area contributed by atoms with Crippen LogP contribution in [0.1, 0.15) is 19.8 Å². The van der Waals surface area contributed by atoms with Crippen molar-refractivity contribution >= 4 is 15.7 Å². The number of methoxy groups -OCH3 is 2. The van der Waals surface area contributed by atoms with Gasteiger partial charge in [-0.3, -0.25) is 0 Å². The molecule has 0 unspecified atom stereocenters. The van der Waals surface area contributed by atoms with Crippen LogP contribution in [0.15, 0.2) is 12.2 Å². The highest BCUT2D eigenvalue weighted by atomic mass is 28.2. The molecule has 0 N–H and O–H groups in total. The Morgan fingerprint density at radius 1 is 1.28 bits per heavy atom. The third-order valence-corrected chi connectivity index (χ3v) is 2.92. The van der Waals surface area contributed by atoms with Crippen LogP contribution in [0.25, 0.3) is 0 Å². The van der Waals surface area contributed by atoms with E-state index in [0.29, 0.717) is 28.5 Å². The quantitative estimate of drug-likeness (QED) is 0.188. The third-order valence-electron chi connectivity index (χ3n) is 2.10. The van der Waals surface area contributed by atoms with Crippen molar-refractivity contribution in [2.75, 3.05) is 27.4 Å². The lowest BCUT2D eigenvalue weighted by Crippen LogP contribution is -2.14. The van der Waals surface area contributed by atoms with E-state index in [0.717, 1.165) is 18.9 Å². The zero-order valence-electron chi connectivity index (χ0n) is 11.4. The number of hydrogen-bond acceptors (Lipinski definition) is 5. The molecule has 0 saturated heterocycles. The van der Waals surface area contributed by atoms with Crippen LogP contribution in [0.2, 0.25) is 6.04 Å². The Labute approximate surface area is 111 Å². The Bertz CT molecular complexity index is 241. The van der Waals surface area contributed by atoms with Crippen molar-refractivity contribution < 1.29 is 23.4 Å². The number of rotatable bonds is 11.